The lowest BCUT2D eigenvalue weighted by molar-refractivity contribution is 0.243. The Bertz CT molecular complexity index is 882. The predicted molar refractivity (Wildman–Crippen MR) is 97.9 cm³/mol. The zero-order valence-corrected chi connectivity index (χ0v) is 15.0. The van der Waals surface area contributed by atoms with E-state index in [-0.39, 0.29) is 0 Å². The molecule has 0 fully saturated rings. The first kappa shape index (κ1) is 16.5. The average Bonchev–Trinajstić information content (AvgIpc) is 2.86. The number of aryl methyl sites for hydroxylation is 1. The summed E-state index contributed by atoms with van der Waals surface area (Å²) in [5.41, 5.74) is 3.58. The molecule has 0 radical (unpaired) electrons. The topological polar surface area (TPSA) is 38.9 Å². The summed E-state index contributed by atoms with van der Waals surface area (Å²) in [6, 6.07) is 12.3. The number of hydrogen-bond donors (Lipinski definition) is 0. The van der Waals surface area contributed by atoms with E-state index >= 15 is 0 Å². The number of pyridine rings is 1. The Morgan fingerprint density at radius 2 is 1.96 bits per heavy atom. The minimum absolute atomic E-state index is 0.640. The maximum absolute atomic E-state index is 5.54. The van der Waals surface area contributed by atoms with E-state index in [1.807, 2.05) is 28.4 Å². The molecule has 24 heavy (non-hydrogen) atoms. The molecule has 1 aromatic carbocycles. The Morgan fingerprint density at radius 3 is 2.67 bits per heavy atom. The molecule has 3 aromatic rings. The average molecular weight is 339 g/mol. The summed E-state index contributed by atoms with van der Waals surface area (Å²) in [5, 5.41) is 4.68. The summed E-state index contributed by atoms with van der Waals surface area (Å²) in [4.78, 5) is 6.37. The van der Waals surface area contributed by atoms with E-state index in [1.165, 1.54) is 11.1 Å². The fourth-order valence-electron chi connectivity index (χ4n) is 2.68. The minimum atomic E-state index is 0.640. The highest BCUT2D eigenvalue weighted by Crippen LogP contribution is 2.16. The van der Waals surface area contributed by atoms with Crippen LogP contribution in [0.1, 0.15) is 11.1 Å². The van der Waals surface area contributed by atoms with Gasteiger partial charge in [0.1, 0.15) is 0 Å². The van der Waals surface area contributed by atoms with Gasteiger partial charge in [-0.2, -0.15) is 5.10 Å². The van der Waals surface area contributed by atoms with Crippen LogP contribution in [0.4, 0.5) is 0 Å². The Balaban J connectivity index is 1.81. The molecule has 124 valence electrons. The van der Waals surface area contributed by atoms with E-state index in [0.717, 1.165) is 17.9 Å². The highest BCUT2D eigenvalue weighted by Gasteiger charge is 2.12. The van der Waals surface area contributed by atoms with Crippen LogP contribution in [0.15, 0.2) is 48.8 Å². The first-order valence-electron chi connectivity index (χ1n) is 7.83. The molecule has 2 aromatic heterocycles. The van der Waals surface area contributed by atoms with Crippen LogP contribution in [0.2, 0.25) is 0 Å². The van der Waals surface area contributed by atoms with Gasteiger partial charge in [0, 0.05) is 31.5 Å². The summed E-state index contributed by atoms with van der Waals surface area (Å²) >= 11 is 5.54. The molecule has 0 spiro atoms. The van der Waals surface area contributed by atoms with Crippen molar-refractivity contribution in [3.63, 3.8) is 0 Å². The molecule has 0 aliphatic heterocycles. The van der Waals surface area contributed by atoms with Crippen molar-refractivity contribution in [2.24, 2.45) is 7.05 Å². The van der Waals surface area contributed by atoms with E-state index in [2.05, 4.69) is 53.2 Å². The van der Waals surface area contributed by atoms with Crippen LogP contribution < -0.4 is 0 Å². The van der Waals surface area contributed by atoms with Gasteiger partial charge in [-0.25, -0.2) is 4.68 Å². The lowest BCUT2D eigenvalue weighted by atomic mass is 10.1. The second-order valence-electron chi connectivity index (χ2n) is 5.99. The molecule has 0 N–H and O–H groups in total. The van der Waals surface area contributed by atoms with Gasteiger partial charge in [-0.05, 0) is 49.4 Å². The fourth-order valence-corrected chi connectivity index (χ4v) is 2.87. The van der Waals surface area contributed by atoms with Crippen molar-refractivity contribution in [1.29, 1.82) is 0 Å². The van der Waals surface area contributed by atoms with Crippen molar-refractivity contribution >= 4 is 12.2 Å². The molecule has 2 heterocycles. The van der Waals surface area contributed by atoms with Crippen LogP contribution in [0.3, 0.4) is 0 Å². The van der Waals surface area contributed by atoms with E-state index < -0.39 is 0 Å². The van der Waals surface area contributed by atoms with Crippen molar-refractivity contribution in [2.45, 2.75) is 20.1 Å². The quantitative estimate of drug-likeness (QED) is 0.668. The molecule has 6 heteroatoms. The SMILES string of the molecule is Cc1ccccc1CN(C)Cn1nc(-c2cccnc2)n(C)c1=S. The Morgan fingerprint density at radius 1 is 1.17 bits per heavy atom. The van der Waals surface area contributed by atoms with Gasteiger partial charge in [0.15, 0.2) is 10.6 Å². The highest BCUT2D eigenvalue weighted by atomic mass is 32.1. The summed E-state index contributed by atoms with van der Waals surface area (Å²) in [6.45, 7) is 3.63. The minimum Gasteiger partial charge on any atom is -0.303 e. The number of benzene rings is 1. The Hall–Kier alpha value is -2.31. The van der Waals surface area contributed by atoms with Gasteiger partial charge in [-0.1, -0.05) is 24.3 Å². The molecule has 0 bridgehead atoms. The van der Waals surface area contributed by atoms with Gasteiger partial charge in [0.2, 0.25) is 0 Å². The van der Waals surface area contributed by atoms with Gasteiger partial charge in [-0.3, -0.25) is 9.88 Å². The highest BCUT2D eigenvalue weighted by molar-refractivity contribution is 7.71. The first-order chi connectivity index (χ1) is 11.6. The third-order valence-corrected chi connectivity index (χ3v) is 4.52. The van der Waals surface area contributed by atoms with Gasteiger partial charge >= 0.3 is 0 Å². The lowest BCUT2D eigenvalue weighted by Gasteiger charge is -2.17. The zero-order chi connectivity index (χ0) is 17.1. The van der Waals surface area contributed by atoms with Crippen LogP contribution in [0, 0.1) is 11.7 Å². The van der Waals surface area contributed by atoms with Crippen LogP contribution in [-0.2, 0) is 20.3 Å². The molecule has 0 aliphatic carbocycles. The van der Waals surface area contributed by atoms with Gasteiger partial charge in [0.25, 0.3) is 0 Å². The second kappa shape index (κ2) is 7.07. The van der Waals surface area contributed by atoms with Crippen molar-refractivity contribution in [1.82, 2.24) is 24.2 Å². The molecule has 0 atom stereocenters. The maximum atomic E-state index is 5.54. The second-order valence-corrected chi connectivity index (χ2v) is 6.35. The monoisotopic (exact) mass is 339 g/mol. The summed E-state index contributed by atoms with van der Waals surface area (Å²) < 4.78 is 4.48. The summed E-state index contributed by atoms with van der Waals surface area (Å²) in [6.07, 6.45) is 3.56. The third-order valence-electron chi connectivity index (χ3n) is 4.04. The van der Waals surface area contributed by atoms with Gasteiger partial charge in [0.05, 0.1) is 6.67 Å². The standard InChI is InChI=1S/C18H21N5S/c1-14-7-4-5-8-16(14)12-21(2)13-23-18(24)22(3)17(20-23)15-9-6-10-19-11-15/h4-11H,12-13H2,1-3H3. The van der Waals surface area contributed by atoms with E-state index in [9.17, 15) is 0 Å². The first-order valence-corrected chi connectivity index (χ1v) is 8.24. The number of rotatable bonds is 5. The summed E-state index contributed by atoms with van der Waals surface area (Å²) in [7, 11) is 4.02. The molecular formula is C18H21N5S. The van der Waals surface area contributed by atoms with Crippen molar-refractivity contribution < 1.29 is 0 Å². The summed E-state index contributed by atoms with van der Waals surface area (Å²) in [5.74, 6) is 0.831. The molecule has 0 amide bonds. The van der Waals surface area contributed by atoms with Crippen LogP contribution in [0.25, 0.3) is 11.4 Å². The van der Waals surface area contributed by atoms with Crippen molar-refractivity contribution in [3.05, 3.63) is 64.7 Å². The molecule has 0 aliphatic rings. The molecular weight excluding hydrogens is 318 g/mol. The normalized spacial score (nSPS) is 11.2. The molecule has 0 saturated carbocycles. The molecule has 0 unspecified atom stereocenters. The molecule has 3 rings (SSSR count). The van der Waals surface area contributed by atoms with Crippen molar-refractivity contribution in [2.75, 3.05) is 7.05 Å². The van der Waals surface area contributed by atoms with Gasteiger partial charge < -0.3 is 4.57 Å². The number of nitrogens with zero attached hydrogens (tertiary/aromatic N) is 5. The molecule has 0 saturated heterocycles. The van der Waals surface area contributed by atoms with E-state index in [0.29, 0.717) is 11.4 Å². The zero-order valence-electron chi connectivity index (χ0n) is 14.2. The maximum Gasteiger partial charge on any atom is 0.199 e. The van der Waals surface area contributed by atoms with Gasteiger partial charge in [-0.15, -0.1) is 0 Å². The molecule has 5 nitrogen and oxygen atoms in total. The van der Waals surface area contributed by atoms with Crippen LogP contribution in [0.5, 0.6) is 0 Å². The Kier molecular flexibility index (Phi) is 4.87. The van der Waals surface area contributed by atoms with E-state index in [1.54, 1.807) is 12.4 Å². The number of hydrogen-bond acceptors (Lipinski definition) is 4. The number of aromatic nitrogens is 4. The third kappa shape index (κ3) is 3.44. The van der Waals surface area contributed by atoms with Crippen molar-refractivity contribution in [3.8, 4) is 11.4 Å². The Labute approximate surface area is 147 Å². The largest absolute Gasteiger partial charge is 0.303 e. The smallest absolute Gasteiger partial charge is 0.199 e. The van der Waals surface area contributed by atoms with E-state index in [4.69, 9.17) is 12.2 Å². The van der Waals surface area contributed by atoms with Crippen LogP contribution in [-0.4, -0.2) is 31.3 Å². The fraction of sp³-hybridized carbons (Fsp3) is 0.278. The predicted octanol–water partition coefficient (Wildman–Crippen LogP) is 3.41. The van der Waals surface area contributed by atoms with Crippen LogP contribution >= 0.6 is 12.2 Å². The lowest BCUT2D eigenvalue weighted by Crippen LogP contribution is -2.23.